The zero-order valence-electron chi connectivity index (χ0n) is 14.7. The molecule has 0 atom stereocenters. The van der Waals surface area contributed by atoms with Crippen LogP contribution in [0.25, 0.3) is 0 Å². The highest BCUT2D eigenvalue weighted by Crippen LogP contribution is 2.17. The molecule has 6 heteroatoms. The highest BCUT2D eigenvalue weighted by atomic mass is 79.9. The number of hydrogen-bond acceptors (Lipinski definition) is 2. The fourth-order valence-corrected chi connectivity index (χ4v) is 2.85. The molecule has 0 bridgehead atoms. The SMILES string of the molecule is CN=C(NCc1ccc(C(=O)NC)cc1)N(C)Cc1ccccc1Br. The Balaban J connectivity index is 1.95. The van der Waals surface area contributed by atoms with Gasteiger partial charge in [0.15, 0.2) is 5.96 Å². The lowest BCUT2D eigenvalue weighted by molar-refractivity contribution is 0.0963. The van der Waals surface area contributed by atoms with Crippen molar-refractivity contribution in [2.45, 2.75) is 13.1 Å². The molecule has 0 radical (unpaired) electrons. The summed E-state index contributed by atoms with van der Waals surface area (Å²) in [5, 5.41) is 5.97. The smallest absolute Gasteiger partial charge is 0.251 e. The van der Waals surface area contributed by atoms with Crippen LogP contribution in [0.1, 0.15) is 21.5 Å². The Morgan fingerprint density at radius 3 is 2.44 bits per heavy atom. The molecule has 0 saturated heterocycles. The molecule has 2 aromatic carbocycles. The van der Waals surface area contributed by atoms with Crippen LogP contribution in [-0.2, 0) is 13.1 Å². The third-order valence-corrected chi connectivity index (χ3v) is 4.61. The highest BCUT2D eigenvalue weighted by Gasteiger charge is 2.09. The van der Waals surface area contributed by atoms with Gasteiger partial charge in [0.2, 0.25) is 0 Å². The van der Waals surface area contributed by atoms with Gasteiger partial charge in [0, 0.05) is 44.3 Å². The van der Waals surface area contributed by atoms with Crippen LogP contribution in [-0.4, -0.2) is 37.9 Å². The summed E-state index contributed by atoms with van der Waals surface area (Å²) in [6, 6.07) is 15.7. The van der Waals surface area contributed by atoms with Gasteiger partial charge in [0.25, 0.3) is 5.91 Å². The first kappa shape index (κ1) is 19.0. The number of halogens is 1. The second kappa shape index (κ2) is 9.22. The molecule has 0 aliphatic heterocycles. The molecule has 0 unspecified atom stereocenters. The zero-order valence-corrected chi connectivity index (χ0v) is 16.3. The molecule has 2 N–H and O–H groups in total. The fraction of sp³-hybridized carbons (Fsp3) is 0.263. The summed E-state index contributed by atoms with van der Waals surface area (Å²) in [6.07, 6.45) is 0. The number of guanidine groups is 1. The van der Waals surface area contributed by atoms with Gasteiger partial charge >= 0.3 is 0 Å². The predicted molar refractivity (Wildman–Crippen MR) is 106 cm³/mol. The van der Waals surface area contributed by atoms with E-state index in [-0.39, 0.29) is 5.91 Å². The summed E-state index contributed by atoms with van der Waals surface area (Å²) in [5.74, 6) is 0.731. The van der Waals surface area contributed by atoms with Gasteiger partial charge in [-0.05, 0) is 29.3 Å². The summed E-state index contributed by atoms with van der Waals surface area (Å²) in [5.41, 5.74) is 2.94. The molecule has 0 aromatic heterocycles. The Morgan fingerprint density at radius 2 is 1.84 bits per heavy atom. The molecule has 0 spiro atoms. The minimum absolute atomic E-state index is 0.0801. The van der Waals surface area contributed by atoms with Crippen LogP contribution in [0.15, 0.2) is 58.0 Å². The minimum Gasteiger partial charge on any atom is -0.355 e. The van der Waals surface area contributed by atoms with Gasteiger partial charge in [-0.25, -0.2) is 0 Å². The third kappa shape index (κ3) is 5.32. The van der Waals surface area contributed by atoms with E-state index in [0.29, 0.717) is 12.1 Å². The van der Waals surface area contributed by atoms with Gasteiger partial charge < -0.3 is 15.5 Å². The van der Waals surface area contributed by atoms with Crippen LogP contribution in [0.4, 0.5) is 0 Å². The normalized spacial score (nSPS) is 11.1. The number of rotatable bonds is 5. The summed E-state index contributed by atoms with van der Waals surface area (Å²) >= 11 is 3.58. The summed E-state index contributed by atoms with van der Waals surface area (Å²) in [4.78, 5) is 18.0. The molecule has 132 valence electrons. The molecule has 0 aliphatic rings. The lowest BCUT2D eigenvalue weighted by atomic mass is 10.1. The van der Waals surface area contributed by atoms with Crippen molar-refractivity contribution in [2.24, 2.45) is 4.99 Å². The van der Waals surface area contributed by atoms with E-state index in [4.69, 9.17) is 0 Å². The average Bonchev–Trinajstić information content (AvgIpc) is 2.64. The number of carbonyl (C=O) groups is 1. The maximum absolute atomic E-state index is 11.6. The first-order valence-corrected chi connectivity index (χ1v) is 8.80. The van der Waals surface area contributed by atoms with Gasteiger partial charge in [-0.15, -0.1) is 0 Å². The summed E-state index contributed by atoms with van der Waals surface area (Å²) in [6.45, 7) is 1.39. The Hall–Kier alpha value is -2.34. The van der Waals surface area contributed by atoms with Crippen molar-refractivity contribution in [1.29, 1.82) is 0 Å². The first-order chi connectivity index (χ1) is 12.0. The minimum atomic E-state index is -0.0801. The van der Waals surface area contributed by atoms with Gasteiger partial charge in [-0.2, -0.15) is 0 Å². The van der Waals surface area contributed by atoms with E-state index < -0.39 is 0 Å². The Kier molecular flexibility index (Phi) is 7.01. The average molecular weight is 403 g/mol. The fourth-order valence-electron chi connectivity index (χ4n) is 2.44. The largest absolute Gasteiger partial charge is 0.355 e. The molecule has 0 fully saturated rings. The summed E-state index contributed by atoms with van der Waals surface area (Å²) < 4.78 is 1.09. The highest BCUT2D eigenvalue weighted by molar-refractivity contribution is 9.10. The molecule has 25 heavy (non-hydrogen) atoms. The standard InChI is InChI=1S/C19H23BrN4O/c1-21-18(25)15-10-8-14(9-11-15)12-23-19(22-2)24(3)13-16-6-4-5-7-17(16)20/h4-11H,12-13H2,1-3H3,(H,21,25)(H,22,23). The van der Waals surface area contributed by atoms with Crippen LogP contribution in [0.5, 0.6) is 0 Å². The molecular formula is C19H23BrN4O. The van der Waals surface area contributed by atoms with Crippen molar-refractivity contribution in [1.82, 2.24) is 15.5 Å². The van der Waals surface area contributed by atoms with E-state index in [1.54, 1.807) is 14.1 Å². The van der Waals surface area contributed by atoms with Crippen molar-refractivity contribution >= 4 is 27.8 Å². The van der Waals surface area contributed by atoms with Gasteiger partial charge in [0.1, 0.15) is 0 Å². The van der Waals surface area contributed by atoms with E-state index >= 15 is 0 Å². The van der Waals surface area contributed by atoms with Crippen molar-refractivity contribution in [2.75, 3.05) is 21.1 Å². The van der Waals surface area contributed by atoms with Crippen LogP contribution < -0.4 is 10.6 Å². The van der Waals surface area contributed by atoms with E-state index in [9.17, 15) is 4.79 Å². The van der Waals surface area contributed by atoms with Crippen LogP contribution in [0.3, 0.4) is 0 Å². The molecule has 2 rings (SSSR count). The van der Waals surface area contributed by atoms with Crippen molar-refractivity contribution in [3.05, 3.63) is 69.7 Å². The molecule has 0 heterocycles. The number of nitrogens with zero attached hydrogens (tertiary/aromatic N) is 2. The number of hydrogen-bond donors (Lipinski definition) is 2. The number of aliphatic imine (C=N–C) groups is 1. The maximum atomic E-state index is 11.6. The quantitative estimate of drug-likeness (QED) is 0.596. The molecule has 5 nitrogen and oxygen atoms in total. The number of nitrogens with one attached hydrogen (secondary N) is 2. The predicted octanol–water partition coefficient (Wildman–Crippen LogP) is 3.02. The molecule has 2 aromatic rings. The maximum Gasteiger partial charge on any atom is 0.251 e. The second-order valence-corrected chi connectivity index (χ2v) is 6.48. The first-order valence-electron chi connectivity index (χ1n) is 8.01. The third-order valence-electron chi connectivity index (χ3n) is 3.83. The number of carbonyl (C=O) groups excluding carboxylic acids is 1. The zero-order chi connectivity index (χ0) is 18.2. The molecular weight excluding hydrogens is 380 g/mol. The van der Waals surface area contributed by atoms with E-state index in [0.717, 1.165) is 22.5 Å². The van der Waals surface area contributed by atoms with Crippen LogP contribution in [0.2, 0.25) is 0 Å². The van der Waals surface area contributed by atoms with Gasteiger partial charge in [0.05, 0.1) is 0 Å². The van der Waals surface area contributed by atoms with E-state index in [2.05, 4.69) is 42.5 Å². The lowest BCUT2D eigenvalue weighted by Gasteiger charge is -2.22. The molecule has 0 saturated carbocycles. The topological polar surface area (TPSA) is 56.7 Å². The Labute approximate surface area is 157 Å². The second-order valence-electron chi connectivity index (χ2n) is 5.62. The Morgan fingerprint density at radius 1 is 1.16 bits per heavy atom. The number of benzene rings is 2. The molecule has 0 aliphatic carbocycles. The Bertz CT molecular complexity index is 743. The summed E-state index contributed by atoms with van der Waals surface area (Å²) in [7, 11) is 5.40. The van der Waals surface area contributed by atoms with Gasteiger partial charge in [-0.1, -0.05) is 46.3 Å². The van der Waals surface area contributed by atoms with E-state index in [1.807, 2.05) is 49.5 Å². The van der Waals surface area contributed by atoms with Crippen molar-refractivity contribution in [3.63, 3.8) is 0 Å². The van der Waals surface area contributed by atoms with E-state index in [1.165, 1.54) is 5.56 Å². The van der Waals surface area contributed by atoms with Crippen molar-refractivity contribution < 1.29 is 4.79 Å². The van der Waals surface area contributed by atoms with Crippen molar-refractivity contribution in [3.8, 4) is 0 Å². The van der Waals surface area contributed by atoms with Crippen LogP contribution in [0, 0.1) is 0 Å². The lowest BCUT2D eigenvalue weighted by Crippen LogP contribution is -2.38. The molecule has 1 amide bonds. The van der Waals surface area contributed by atoms with Gasteiger partial charge in [-0.3, -0.25) is 9.79 Å². The van der Waals surface area contributed by atoms with Crippen LogP contribution >= 0.6 is 15.9 Å². The number of amides is 1. The monoisotopic (exact) mass is 402 g/mol.